The predicted octanol–water partition coefficient (Wildman–Crippen LogP) is 3.86. The number of carbonyl (C=O) groups is 1. The predicted molar refractivity (Wildman–Crippen MR) is 70.9 cm³/mol. The van der Waals surface area contributed by atoms with Crippen LogP contribution in [0, 0.1) is 11.6 Å². The molecule has 100 valence electrons. The van der Waals surface area contributed by atoms with Crippen LogP contribution in [-0.2, 0) is 0 Å². The van der Waals surface area contributed by atoms with Gasteiger partial charge in [-0.05, 0) is 25.5 Å². The van der Waals surface area contributed by atoms with Crippen molar-refractivity contribution in [3.63, 3.8) is 0 Å². The minimum absolute atomic E-state index is 0.162. The Labute approximate surface area is 118 Å². The molecule has 0 radical (unpaired) electrons. The molecule has 1 rings (SSSR count). The standard InChI is InChI=1S/C12H13BrClF2NO/c1-3-12(2,6-14)17-11(18)10-8(15)4-7(13)5-9(10)16/h4-5H,3,6H2,1-2H3,(H,17,18). The molecule has 0 fully saturated rings. The Bertz CT molecular complexity index is 440. The Morgan fingerprint density at radius 1 is 1.44 bits per heavy atom. The van der Waals surface area contributed by atoms with Crippen molar-refractivity contribution in [2.24, 2.45) is 0 Å². The third-order valence-electron chi connectivity index (χ3n) is 2.72. The van der Waals surface area contributed by atoms with Gasteiger partial charge >= 0.3 is 0 Å². The summed E-state index contributed by atoms with van der Waals surface area (Å²) in [4.78, 5) is 11.9. The van der Waals surface area contributed by atoms with Gasteiger partial charge < -0.3 is 5.32 Å². The van der Waals surface area contributed by atoms with Crippen molar-refractivity contribution >= 4 is 33.4 Å². The summed E-state index contributed by atoms with van der Waals surface area (Å²) in [5.41, 5.74) is -1.28. The maximum atomic E-state index is 13.6. The van der Waals surface area contributed by atoms with E-state index in [4.69, 9.17) is 11.6 Å². The van der Waals surface area contributed by atoms with E-state index < -0.39 is 28.6 Å². The summed E-state index contributed by atoms with van der Waals surface area (Å²) in [5, 5.41) is 2.54. The molecule has 2 nitrogen and oxygen atoms in total. The van der Waals surface area contributed by atoms with Crippen LogP contribution in [0.5, 0.6) is 0 Å². The third-order valence-corrected chi connectivity index (χ3v) is 3.77. The highest BCUT2D eigenvalue weighted by Crippen LogP contribution is 2.21. The van der Waals surface area contributed by atoms with Gasteiger partial charge in [-0.15, -0.1) is 11.6 Å². The van der Waals surface area contributed by atoms with Crippen molar-refractivity contribution in [2.45, 2.75) is 25.8 Å². The molecular weight excluding hydrogens is 327 g/mol. The fraction of sp³-hybridized carbons (Fsp3) is 0.417. The zero-order chi connectivity index (χ0) is 13.9. The second-order valence-corrected chi connectivity index (χ2v) is 5.43. The van der Waals surface area contributed by atoms with E-state index in [1.54, 1.807) is 6.92 Å². The van der Waals surface area contributed by atoms with Gasteiger partial charge in [-0.1, -0.05) is 22.9 Å². The first-order valence-electron chi connectivity index (χ1n) is 5.36. The fourth-order valence-corrected chi connectivity index (χ4v) is 1.97. The van der Waals surface area contributed by atoms with E-state index in [1.807, 2.05) is 6.92 Å². The summed E-state index contributed by atoms with van der Waals surface area (Å²) in [5.74, 6) is -2.46. The number of alkyl halides is 1. The lowest BCUT2D eigenvalue weighted by Crippen LogP contribution is -2.47. The number of nitrogens with one attached hydrogen (secondary N) is 1. The number of halogens is 4. The van der Waals surface area contributed by atoms with Crippen molar-refractivity contribution in [1.29, 1.82) is 0 Å². The molecule has 1 amide bonds. The van der Waals surface area contributed by atoms with Crippen LogP contribution in [0.4, 0.5) is 8.78 Å². The molecular formula is C12H13BrClF2NO. The maximum Gasteiger partial charge on any atom is 0.257 e. The Kier molecular flexibility index (Phi) is 5.10. The Hall–Kier alpha value is -0.680. The first kappa shape index (κ1) is 15.4. The minimum Gasteiger partial charge on any atom is -0.346 e. The van der Waals surface area contributed by atoms with Gasteiger partial charge in [-0.3, -0.25) is 4.79 Å². The molecule has 0 spiro atoms. The molecule has 1 aromatic carbocycles. The van der Waals surface area contributed by atoms with Crippen LogP contribution in [-0.4, -0.2) is 17.3 Å². The zero-order valence-electron chi connectivity index (χ0n) is 9.99. The van der Waals surface area contributed by atoms with Crippen LogP contribution in [0.25, 0.3) is 0 Å². The van der Waals surface area contributed by atoms with Gasteiger partial charge in [0.15, 0.2) is 0 Å². The van der Waals surface area contributed by atoms with Crippen molar-refractivity contribution in [3.05, 3.63) is 33.8 Å². The van der Waals surface area contributed by atoms with Crippen LogP contribution in [0.3, 0.4) is 0 Å². The lowest BCUT2D eigenvalue weighted by Gasteiger charge is -2.27. The number of carbonyl (C=O) groups excluding carboxylic acids is 1. The van der Waals surface area contributed by atoms with Crippen molar-refractivity contribution in [2.75, 3.05) is 5.88 Å². The van der Waals surface area contributed by atoms with Gasteiger partial charge in [0, 0.05) is 10.4 Å². The lowest BCUT2D eigenvalue weighted by molar-refractivity contribution is 0.0903. The summed E-state index contributed by atoms with van der Waals surface area (Å²) in [7, 11) is 0. The Morgan fingerprint density at radius 2 is 1.94 bits per heavy atom. The first-order chi connectivity index (χ1) is 8.33. The Morgan fingerprint density at radius 3 is 2.33 bits per heavy atom. The topological polar surface area (TPSA) is 29.1 Å². The van der Waals surface area contributed by atoms with Crippen molar-refractivity contribution in [3.8, 4) is 0 Å². The highest BCUT2D eigenvalue weighted by Gasteiger charge is 2.27. The highest BCUT2D eigenvalue weighted by molar-refractivity contribution is 9.10. The number of benzene rings is 1. The molecule has 0 aliphatic heterocycles. The first-order valence-corrected chi connectivity index (χ1v) is 6.68. The average Bonchev–Trinajstić information content (AvgIpc) is 2.27. The van der Waals surface area contributed by atoms with E-state index in [0.29, 0.717) is 6.42 Å². The quantitative estimate of drug-likeness (QED) is 0.829. The summed E-state index contributed by atoms with van der Waals surface area (Å²) in [6, 6.07) is 2.09. The molecule has 6 heteroatoms. The van der Waals surface area contributed by atoms with Crippen LogP contribution in [0.15, 0.2) is 16.6 Å². The van der Waals surface area contributed by atoms with E-state index in [2.05, 4.69) is 21.2 Å². The minimum atomic E-state index is -0.910. The molecule has 0 aromatic heterocycles. The number of hydrogen-bond acceptors (Lipinski definition) is 1. The number of amides is 1. The summed E-state index contributed by atoms with van der Waals surface area (Å²) in [6.45, 7) is 3.55. The van der Waals surface area contributed by atoms with E-state index in [9.17, 15) is 13.6 Å². The SMILES string of the molecule is CCC(C)(CCl)NC(=O)c1c(F)cc(Br)cc1F. The van der Waals surface area contributed by atoms with E-state index in [0.717, 1.165) is 12.1 Å². The van der Waals surface area contributed by atoms with E-state index in [1.165, 1.54) is 0 Å². The average molecular weight is 341 g/mol. The normalized spacial score (nSPS) is 14.1. The lowest BCUT2D eigenvalue weighted by atomic mass is 10.0. The van der Waals surface area contributed by atoms with E-state index >= 15 is 0 Å². The molecule has 18 heavy (non-hydrogen) atoms. The molecule has 1 unspecified atom stereocenters. The van der Waals surface area contributed by atoms with Crippen molar-refractivity contribution < 1.29 is 13.6 Å². The molecule has 1 atom stereocenters. The van der Waals surface area contributed by atoms with E-state index in [-0.39, 0.29) is 10.4 Å². The zero-order valence-corrected chi connectivity index (χ0v) is 12.3. The van der Waals surface area contributed by atoms with Gasteiger partial charge in [0.1, 0.15) is 17.2 Å². The smallest absolute Gasteiger partial charge is 0.257 e. The molecule has 1 aromatic rings. The maximum absolute atomic E-state index is 13.6. The van der Waals surface area contributed by atoms with Gasteiger partial charge in [0.25, 0.3) is 5.91 Å². The monoisotopic (exact) mass is 339 g/mol. The molecule has 0 heterocycles. The van der Waals surface area contributed by atoms with Crippen LogP contribution >= 0.6 is 27.5 Å². The summed E-state index contributed by atoms with van der Waals surface area (Å²) < 4.78 is 27.4. The summed E-state index contributed by atoms with van der Waals surface area (Å²) >= 11 is 8.69. The molecule has 0 aliphatic rings. The molecule has 0 saturated heterocycles. The largest absolute Gasteiger partial charge is 0.346 e. The second-order valence-electron chi connectivity index (χ2n) is 4.25. The molecule has 0 bridgehead atoms. The molecule has 0 saturated carbocycles. The Balaban J connectivity index is 3.05. The van der Waals surface area contributed by atoms with Crippen LogP contribution < -0.4 is 5.32 Å². The molecule has 0 aliphatic carbocycles. The van der Waals surface area contributed by atoms with Crippen molar-refractivity contribution in [1.82, 2.24) is 5.32 Å². The third kappa shape index (κ3) is 3.42. The van der Waals surface area contributed by atoms with Gasteiger partial charge in [0.2, 0.25) is 0 Å². The second kappa shape index (κ2) is 5.97. The van der Waals surface area contributed by atoms with Gasteiger partial charge in [-0.2, -0.15) is 0 Å². The van der Waals surface area contributed by atoms with Crippen LogP contribution in [0.1, 0.15) is 30.6 Å². The fourth-order valence-electron chi connectivity index (χ4n) is 1.31. The van der Waals surface area contributed by atoms with Gasteiger partial charge in [-0.25, -0.2) is 8.78 Å². The van der Waals surface area contributed by atoms with Crippen LogP contribution in [0.2, 0.25) is 0 Å². The summed E-state index contributed by atoms with van der Waals surface area (Å²) in [6.07, 6.45) is 0.558. The number of hydrogen-bond donors (Lipinski definition) is 1. The van der Waals surface area contributed by atoms with Gasteiger partial charge in [0.05, 0.1) is 5.54 Å². The molecule has 1 N–H and O–H groups in total. The number of rotatable bonds is 4. The highest BCUT2D eigenvalue weighted by atomic mass is 79.9.